The molecule has 6 heteroatoms. The van der Waals surface area contributed by atoms with Crippen molar-refractivity contribution in [2.75, 3.05) is 5.32 Å². The molecule has 0 radical (unpaired) electrons. The average Bonchev–Trinajstić information content (AvgIpc) is 3.28. The van der Waals surface area contributed by atoms with Gasteiger partial charge in [-0.25, -0.2) is 0 Å². The summed E-state index contributed by atoms with van der Waals surface area (Å²) in [5, 5.41) is 9.58. The fourth-order valence-corrected chi connectivity index (χ4v) is 4.62. The fraction of sp³-hybridized carbons (Fsp3) is 0.444. The van der Waals surface area contributed by atoms with Gasteiger partial charge >= 0.3 is 0 Å². The minimum Gasteiger partial charge on any atom is -0.333 e. The second-order valence-electron chi connectivity index (χ2n) is 6.63. The van der Waals surface area contributed by atoms with Gasteiger partial charge in [0.05, 0.1) is 27.3 Å². The Morgan fingerprint density at radius 3 is 2.75 bits per heavy atom. The van der Waals surface area contributed by atoms with Crippen LogP contribution in [-0.4, -0.2) is 20.3 Å². The second-order valence-corrected chi connectivity index (χ2v) is 7.58. The molecule has 0 aliphatic heterocycles. The summed E-state index contributed by atoms with van der Waals surface area (Å²) in [4.78, 5) is 13.0. The van der Waals surface area contributed by atoms with E-state index in [1.54, 1.807) is 16.0 Å². The van der Waals surface area contributed by atoms with Crippen LogP contribution in [0.15, 0.2) is 17.5 Å². The third-order valence-corrected chi connectivity index (χ3v) is 5.98. The van der Waals surface area contributed by atoms with Crippen LogP contribution in [0.2, 0.25) is 0 Å². The largest absolute Gasteiger partial charge is 0.333 e. The number of aryl methyl sites for hydroxylation is 2. The van der Waals surface area contributed by atoms with Gasteiger partial charge in [-0.05, 0) is 44.2 Å². The lowest BCUT2D eigenvalue weighted by molar-refractivity contribution is 0.101. The first-order valence-corrected chi connectivity index (χ1v) is 9.34. The number of carbonyl (C=O) groups is 1. The zero-order valence-electron chi connectivity index (χ0n) is 14.3. The Kier molecular flexibility index (Phi) is 3.72. The SMILES string of the molecule is Cc1nn(C)c(C)c1NC(=O)c1cc2sccc2n1C1CCCC1. The van der Waals surface area contributed by atoms with Gasteiger partial charge in [-0.1, -0.05) is 12.8 Å². The predicted molar refractivity (Wildman–Crippen MR) is 98.0 cm³/mol. The molecule has 5 nitrogen and oxygen atoms in total. The van der Waals surface area contributed by atoms with E-state index < -0.39 is 0 Å². The van der Waals surface area contributed by atoms with E-state index in [4.69, 9.17) is 0 Å². The van der Waals surface area contributed by atoms with E-state index >= 15 is 0 Å². The molecule has 0 unspecified atom stereocenters. The summed E-state index contributed by atoms with van der Waals surface area (Å²) in [5.74, 6) is -0.0375. The summed E-state index contributed by atoms with van der Waals surface area (Å²) in [7, 11) is 1.90. The molecule has 4 rings (SSSR count). The molecule has 24 heavy (non-hydrogen) atoms. The van der Waals surface area contributed by atoms with Crippen molar-refractivity contribution >= 4 is 33.1 Å². The van der Waals surface area contributed by atoms with E-state index in [0.717, 1.165) is 35.6 Å². The molecule has 3 heterocycles. The zero-order chi connectivity index (χ0) is 16.8. The van der Waals surface area contributed by atoms with Crippen LogP contribution in [0, 0.1) is 13.8 Å². The van der Waals surface area contributed by atoms with E-state index in [-0.39, 0.29) is 5.91 Å². The molecule has 3 aromatic heterocycles. The molecule has 0 atom stereocenters. The van der Waals surface area contributed by atoms with Gasteiger partial charge in [-0.2, -0.15) is 5.10 Å². The van der Waals surface area contributed by atoms with Gasteiger partial charge in [0, 0.05) is 13.1 Å². The van der Waals surface area contributed by atoms with Crippen LogP contribution in [0.4, 0.5) is 5.69 Å². The predicted octanol–water partition coefficient (Wildman–Crippen LogP) is 4.42. The van der Waals surface area contributed by atoms with Crippen LogP contribution >= 0.6 is 11.3 Å². The van der Waals surface area contributed by atoms with Crippen LogP contribution in [0.5, 0.6) is 0 Å². The number of hydrogen-bond acceptors (Lipinski definition) is 3. The van der Waals surface area contributed by atoms with Crippen molar-refractivity contribution in [3.05, 3.63) is 34.6 Å². The third-order valence-electron chi connectivity index (χ3n) is 5.13. The average molecular weight is 342 g/mol. The lowest BCUT2D eigenvalue weighted by atomic mass is 10.2. The van der Waals surface area contributed by atoms with Crippen LogP contribution in [0.1, 0.15) is 53.6 Å². The number of fused-ring (bicyclic) bond motifs is 1. The van der Waals surface area contributed by atoms with Crippen molar-refractivity contribution < 1.29 is 4.79 Å². The Hall–Kier alpha value is -2.08. The first-order chi connectivity index (χ1) is 11.6. The van der Waals surface area contributed by atoms with E-state index in [1.165, 1.54) is 23.1 Å². The molecule has 0 bridgehead atoms. The smallest absolute Gasteiger partial charge is 0.272 e. The molecular formula is C18H22N4OS. The fourth-order valence-electron chi connectivity index (χ4n) is 3.81. The third kappa shape index (κ3) is 2.36. The Balaban J connectivity index is 1.74. The number of nitrogens with one attached hydrogen (secondary N) is 1. The van der Waals surface area contributed by atoms with Crippen LogP contribution in [0.3, 0.4) is 0 Å². The van der Waals surface area contributed by atoms with E-state index in [2.05, 4.69) is 26.4 Å². The molecule has 1 aliphatic rings. The zero-order valence-corrected chi connectivity index (χ0v) is 15.1. The summed E-state index contributed by atoms with van der Waals surface area (Å²) in [6, 6.07) is 4.61. The van der Waals surface area contributed by atoms with Gasteiger partial charge in [0.2, 0.25) is 0 Å². The number of anilines is 1. The van der Waals surface area contributed by atoms with Crippen molar-refractivity contribution in [3.8, 4) is 0 Å². The van der Waals surface area contributed by atoms with Gasteiger partial charge in [0.25, 0.3) is 5.91 Å². The van der Waals surface area contributed by atoms with Crippen molar-refractivity contribution in [1.29, 1.82) is 0 Å². The quantitative estimate of drug-likeness (QED) is 0.766. The maximum Gasteiger partial charge on any atom is 0.272 e. The maximum absolute atomic E-state index is 13.0. The highest BCUT2D eigenvalue weighted by Crippen LogP contribution is 2.36. The molecule has 0 aromatic carbocycles. The van der Waals surface area contributed by atoms with Gasteiger partial charge in [0.15, 0.2) is 0 Å². The Labute approximate surface area is 145 Å². The summed E-state index contributed by atoms with van der Waals surface area (Å²) in [5.41, 5.74) is 4.61. The molecule has 1 aliphatic carbocycles. The standard InChI is InChI=1S/C18H22N4OS/c1-11-17(12(2)21(3)20-11)19-18(23)15-10-16-14(8-9-24-16)22(15)13-6-4-5-7-13/h8-10,13H,4-7H2,1-3H3,(H,19,23). The molecule has 1 fully saturated rings. The van der Waals surface area contributed by atoms with Crippen molar-refractivity contribution in [2.24, 2.45) is 7.05 Å². The highest BCUT2D eigenvalue weighted by Gasteiger charge is 2.25. The topological polar surface area (TPSA) is 51.9 Å². The minimum absolute atomic E-state index is 0.0375. The number of aromatic nitrogens is 3. The molecule has 1 amide bonds. The van der Waals surface area contributed by atoms with E-state index in [9.17, 15) is 4.79 Å². The lowest BCUT2D eigenvalue weighted by Gasteiger charge is -2.17. The Morgan fingerprint density at radius 2 is 2.08 bits per heavy atom. The summed E-state index contributed by atoms with van der Waals surface area (Å²) < 4.78 is 5.25. The number of nitrogens with zero attached hydrogens (tertiary/aromatic N) is 3. The van der Waals surface area contributed by atoms with Crippen molar-refractivity contribution in [3.63, 3.8) is 0 Å². The van der Waals surface area contributed by atoms with Gasteiger partial charge in [0.1, 0.15) is 5.69 Å². The lowest BCUT2D eigenvalue weighted by Crippen LogP contribution is -2.19. The van der Waals surface area contributed by atoms with E-state index in [0.29, 0.717) is 6.04 Å². The summed E-state index contributed by atoms with van der Waals surface area (Å²) >= 11 is 1.70. The van der Waals surface area contributed by atoms with Gasteiger partial charge in [-0.3, -0.25) is 9.48 Å². The Morgan fingerprint density at radius 1 is 1.33 bits per heavy atom. The second kappa shape index (κ2) is 5.77. The summed E-state index contributed by atoms with van der Waals surface area (Å²) in [6.07, 6.45) is 4.81. The van der Waals surface area contributed by atoms with Gasteiger partial charge in [-0.15, -0.1) is 11.3 Å². The van der Waals surface area contributed by atoms with E-state index in [1.807, 2.05) is 27.0 Å². The minimum atomic E-state index is -0.0375. The number of thiophene rings is 1. The first-order valence-electron chi connectivity index (χ1n) is 8.46. The number of amides is 1. The van der Waals surface area contributed by atoms with Crippen LogP contribution in [0.25, 0.3) is 10.2 Å². The highest BCUT2D eigenvalue weighted by atomic mass is 32.1. The molecule has 3 aromatic rings. The first kappa shape index (κ1) is 15.4. The molecule has 0 spiro atoms. The highest BCUT2D eigenvalue weighted by molar-refractivity contribution is 7.17. The molecule has 1 saturated carbocycles. The van der Waals surface area contributed by atoms with Crippen molar-refractivity contribution in [2.45, 2.75) is 45.6 Å². The molecule has 126 valence electrons. The number of hydrogen-bond donors (Lipinski definition) is 1. The normalized spacial score (nSPS) is 15.5. The van der Waals surface area contributed by atoms with Gasteiger partial charge < -0.3 is 9.88 Å². The number of carbonyl (C=O) groups excluding carboxylic acids is 1. The molecular weight excluding hydrogens is 320 g/mol. The molecule has 0 saturated heterocycles. The molecule has 1 N–H and O–H groups in total. The number of rotatable bonds is 3. The van der Waals surface area contributed by atoms with Crippen molar-refractivity contribution in [1.82, 2.24) is 14.3 Å². The van der Waals surface area contributed by atoms with Crippen LogP contribution in [-0.2, 0) is 7.05 Å². The summed E-state index contributed by atoms with van der Waals surface area (Å²) in [6.45, 7) is 3.90. The van der Waals surface area contributed by atoms with Crippen LogP contribution < -0.4 is 5.32 Å². The monoisotopic (exact) mass is 342 g/mol. The maximum atomic E-state index is 13.0. The Bertz CT molecular complexity index is 911.